The highest BCUT2D eigenvalue weighted by Crippen LogP contribution is 2.22. The molecule has 21 heavy (non-hydrogen) atoms. The Kier molecular flexibility index (Phi) is 4.99. The Labute approximate surface area is 127 Å². The molecular formula is C14H16N4O2S. The van der Waals surface area contributed by atoms with Crippen LogP contribution < -0.4 is 11.1 Å². The fraction of sp³-hybridized carbons (Fsp3) is 0.214. The summed E-state index contributed by atoms with van der Waals surface area (Å²) in [5, 5.41) is 3.65. The summed E-state index contributed by atoms with van der Waals surface area (Å²) in [6, 6.07) is 7.20. The standard InChI is InChI=1S/C14H16N4O2S/c1-3-20-13(19)11-8-16-14(21-2)18-12(11)17-10-6-4-5-9(15)7-10/h4-8H,3,15H2,1-2H3,(H,16,17,18). The molecule has 0 saturated heterocycles. The van der Waals surface area contributed by atoms with Crippen LogP contribution in [0.5, 0.6) is 0 Å². The summed E-state index contributed by atoms with van der Waals surface area (Å²) < 4.78 is 5.01. The van der Waals surface area contributed by atoms with Gasteiger partial charge < -0.3 is 15.8 Å². The average molecular weight is 304 g/mol. The molecule has 110 valence electrons. The maximum atomic E-state index is 11.9. The number of nitrogen functional groups attached to an aromatic ring is 1. The molecule has 0 saturated carbocycles. The minimum atomic E-state index is -0.462. The maximum Gasteiger partial charge on any atom is 0.343 e. The third-order valence-electron chi connectivity index (χ3n) is 2.59. The number of hydrogen-bond donors (Lipinski definition) is 2. The number of aromatic nitrogens is 2. The molecule has 0 aliphatic heterocycles. The monoisotopic (exact) mass is 304 g/mol. The number of thioether (sulfide) groups is 1. The highest BCUT2D eigenvalue weighted by atomic mass is 32.2. The first-order chi connectivity index (χ1) is 10.1. The quantitative estimate of drug-likeness (QED) is 0.380. The fourth-order valence-electron chi connectivity index (χ4n) is 1.67. The van der Waals surface area contributed by atoms with Crippen molar-refractivity contribution >= 4 is 34.9 Å². The number of ether oxygens (including phenoxy) is 1. The molecule has 0 spiro atoms. The Morgan fingerprint density at radius 2 is 2.29 bits per heavy atom. The molecule has 1 heterocycles. The summed E-state index contributed by atoms with van der Waals surface area (Å²) in [5.41, 5.74) is 7.40. The van der Waals surface area contributed by atoms with Crippen molar-refractivity contribution in [3.05, 3.63) is 36.0 Å². The molecule has 0 atom stereocenters. The lowest BCUT2D eigenvalue weighted by Crippen LogP contribution is -2.10. The summed E-state index contributed by atoms with van der Waals surface area (Å²) in [7, 11) is 0. The molecule has 3 N–H and O–H groups in total. The van der Waals surface area contributed by atoms with E-state index in [1.54, 1.807) is 19.1 Å². The van der Waals surface area contributed by atoms with E-state index in [9.17, 15) is 4.79 Å². The van der Waals surface area contributed by atoms with Gasteiger partial charge in [0.1, 0.15) is 11.4 Å². The molecule has 2 aromatic rings. The van der Waals surface area contributed by atoms with Gasteiger partial charge in [0, 0.05) is 17.6 Å². The molecular weight excluding hydrogens is 288 g/mol. The molecule has 0 unspecified atom stereocenters. The van der Waals surface area contributed by atoms with Crippen LogP contribution in [0.3, 0.4) is 0 Å². The fourth-order valence-corrected chi connectivity index (χ4v) is 2.01. The summed E-state index contributed by atoms with van der Waals surface area (Å²) >= 11 is 1.39. The number of nitrogens with two attached hydrogens (primary N) is 1. The van der Waals surface area contributed by atoms with Gasteiger partial charge in [0.2, 0.25) is 0 Å². The SMILES string of the molecule is CCOC(=O)c1cnc(SC)nc1Nc1cccc(N)c1. The number of carbonyl (C=O) groups excluding carboxylic acids is 1. The first-order valence-corrected chi connectivity index (χ1v) is 7.57. The van der Waals surface area contributed by atoms with Crippen molar-refractivity contribution in [1.82, 2.24) is 9.97 Å². The first-order valence-electron chi connectivity index (χ1n) is 6.34. The van der Waals surface area contributed by atoms with Crippen molar-refractivity contribution in [2.45, 2.75) is 12.1 Å². The minimum Gasteiger partial charge on any atom is -0.462 e. The van der Waals surface area contributed by atoms with Crippen LogP contribution in [0.25, 0.3) is 0 Å². The van der Waals surface area contributed by atoms with E-state index < -0.39 is 5.97 Å². The van der Waals surface area contributed by atoms with Gasteiger partial charge in [-0.2, -0.15) is 0 Å². The Morgan fingerprint density at radius 3 is 2.95 bits per heavy atom. The molecule has 0 fully saturated rings. The van der Waals surface area contributed by atoms with Crippen molar-refractivity contribution in [3.63, 3.8) is 0 Å². The molecule has 1 aromatic heterocycles. The smallest absolute Gasteiger partial charge is 0.343 e. The first kappa shape index (κ1) is 15.1. The molecule has 7 heteroatoms. The number of esters is 1. The van der Waals surface area contributed by atoms with E-state index in [2.05, 4.69) is 15.3 Å². The minimum absolute atomic E-state index is 0.289. The van der Waals surface area contributed by atoms with E-state index in [4.69, 9.17) is 10.5 Å². The molecule has 0 bridgehead atoms. The van der Waals surface area contributed by atoms with Crippen LogP contribution in [0, 0.1) is 0 Å². The lowest BCUT2D eigenvalue weighted by molar-refractivity contribution is 0.0526. The highest BCUT2D eigenvalue weighted by Gasteiger charge is 2.16. The van der Waals surface area contributed by atoms with Gasteiger partial charge >= 0.3 is 5.97 Å². The van der Waals surface area contributed by atoms with Gasteiger partial charge in [-0.15, -0.1) is 0 Å². The lowest BCUT2D eigenvalue weighted by atomic mass is 10.2. The number of hydrogen-bond acceptors (Lipinski definition) is 7. The van der Waals surface area contributed by atoms with Crippen molar-refractivity contribution in [3.8, 4) is 0 Å². The molecule has 0 aliphatic rings. The third-order valence-corrected chi connectivity index (χ3v) is 3.16. The largest absolute Gasteiger partial charge is 0.462 e. The molecule has 2 rings (SSSR count). The van der Waals surface area contributed by atoms with Crippen LogP contribution in [0.15, 0.2) is 35.6 Å². The number of nitrogens with zero attached hydrogens (tertiary/aromatic N) is 2. The van der Waals surface area contributed by atoms with Gasteiger partial charge in [-0.25, -0.2) is 14.8 Å². The van der Waals surface area contributed by atoms with Gasteiger partial charge in [0.25, 0.3) is 0 Å². The van der Waals surface area contributed by atoms with Gasteiger partial charge in [-0.3, -0.25) is 0 Å². The summed E-state index contributed by atoms with van der Waals surface area (Å²) in [6.45, 7) is 2.04. The molecule has 0 aliphatic carbocycles. The summed E-state index contributed by atoms with van der Waals surface area (Å²) in [5.74, 6) is -0.0602. The van der Waals surface area contributed by atoms with Gasteiger partial charge in [0.15, 0.2) is 5.16 Å². The molecule has 1 aromatic carbocycles. The van der Waals surface area contributed by atoms with Gasteiger partial charge in [0.05, 0.1) is 6.61 Å². The molecule has 0 amide bonds. The van der Waals surface area contributed by atoms with Crippen molar-refractivity contribution < 1.29 is 9.53 Å². The van der Waals surface area contributed by atoms with E-state index in [1.807, 2.05) is 18.4 Å². The molecule has 0 radical (unpaired) electrons. The van der Waals surface area contributed by atoms with Crippen molar-refractivity contribution in [1.29, 1.82) is 0 Å². The normalized spacial score (nSPS) is 10.2. The predicted octanol–water partition coefficient (Wildman–Crippen LogP) is 2.70. The van der Waals surface area contributed by atoms with Gasteiger partial charge in [-0.05, 0) is 31.4 Å². The highest BCUT2D eigenvalue weighted by molar-refractivity contribution is 7.98. The molecule has 6 nitrogen and oxygen atoms in total. The van der Waals surface area contributed by atoms with Crippen LogP contribution in [0.4, 0.5) is 17.2 Å². The average Bonchev–Trinajstić information content (AvgIpc) is 2.47. The summed E-state index contributed by atoms with van der Waals surface area (Å²) in [6.07, 6.45) is 3.33. The van der Waals surface area contributed by atoms with Crippen LogP contribution >= 0.6 is 11.8 Å². The zero-order valence-electron chi connectivity index (χ0n) is 11.8. The predicted molar refractivity (Wildman–Crippen MR) is 83.9 cm³/mol. The van der Waals surface area contributed by atoms with Crippen LogP contribution in [0.1, 0.15) is 17.3 Å². The number of nitrogens with one attached hydrogen (secondary N) is 1. The third kappa shape index (κ3) is 3.85. The second-order valence-electron chi connectivity index (χ2n) is 4.09. The Hall–Kier alpha value is -2.28. The summed E-state index contributed by atoms with van der Waals surface area (Å²) in [4.78, 5) is 20.4. The van der Waals surface area contributed by atoms with Crippen LogP contribution in [0.2, 0.25) is 0 Å². The Morgan fingerprint density at radius 1 is 1.48 bits per heavy atom. The van der Waals surface area contributed by atoms with Crippen LogP contribution in [-0.2, 0) is 4.74 Å². The zero-order chi connectivity index (χ0) is 15.2. The van der Waals surface area contributed by atoms with E-state index in [1.165, 1.54) is 18.0 Å². The van der Waals surface area contributed by atoms with E-state index in [0.29, 0.717) is 23.3 Å². The van der Waals surface area contributed by atoms with E-state index in [0.717, 1.165) is 5.69 Å². The zero-order valence-corrected chi connectivity index (χ0v) is 12.6. The lowest BCUT2D eigenvalue weighted by Gasteiger charge is -2.11. The van der Waals surface area contributed by atoms with Gasteiger partial charge in [-0.1, -0.05) is 17.8 Å². The van der Waals surface area contributed by atoms with E-state index in [-0.39, 0.29) is 5.56 Å². The Bertz CT molecular complexity index is 649. The second-order valence-corrected chi connectivity index (χ2v) is 4.86. The van der Waals surface area contributed by atoms with E-state index >= 15 is 0 Å². The number of anilines is 3. The van der Waals surface area contributed by atoms with Crippen molar-refractivity contribution in [2.75, 3.05) is 23.9 Å². The topological polar surface area (TPSA) is 90.1 Å². The second kappa shape index (κ2) is 6.94. The number of carbonyl (C=O) groups is 1. The number of rotatable bonds is 5. The van der Waals surface area contributed by atoms with Crippen molar-refractivity contribution in [2.24, 2.45) is 0 Å². The van der Waals surface area contributed by atoms with Crippen LogP contribution in [-0.4, -0.2) is 28.8 Å². The number of benzene rings is 1. The Balaban J connectivity index is 2.37. The maximum absolute atomic E-state index is 11.9.